The number of pyridine rings is 1. The molecule has 25 heavy (non-hydrogen) atoms. The van der Waals surface area contributed by atoms with Gasteiger partial charge in [-0.3, -0.25) is 14.7 Å². The van der Waals surface area contributed by atoms with Crippen LogP contribution < -0.4 is 5.32 Å². The maximum Gasteiger partial charge on any atom is 0.246 e. The number of nitrogens with one attached hydrogen (secondary N) is 1. The maximum atomic E-state index is 12.9. The van der Waals surface area contributed by atoms with Crippen molar-refractivity contribution in [3.8, 4) is 0 Å². The number of carbonyl (C=O) groups is 1. The molecule has 0 spiro atoms. The molecule has 4 nitrogen and oxygen atoms in total. The van der Waals surface area contributed by atoms with Crippen LogP contribution in [-0.4, -0.2) is 29.9 Å². The molecule has 3 aromatic rings. The number of benzene rings is 2. The van der Waals surface area contributed by atoms with Crippen LogP contribution in [0.15, 0.2) is 54.9 Å². The highest BCUT2D eigenvalue weighted by Crippen LogP contribution is 2.29. The predicted molar refractivity (Wildman–Crippen MR) is 103 cm³/mol. The number of aromatic nitrogens is 1. The lowest BCUT2D eigenvalue weighted by atomic mass is 10.0. The number of fused-ring (bicyclic) bond motifs is 1. The second-order valence-electron chi connectivity index (χ2n) is 5.94. The fourth-order valence-corrected chi connectivity index (χ4v) is 3.09. The zero-order valence-electron chi connectivity index (χ0n) is 13.8. The minimum Gasteiger partial charge on any atom is -0.323 e. The first-order valence-electron chi connectivity index (χ1n) is 7.72. The number of hydrogen-bond donors (Lipinski definition) is 1. The molecule has 0 saturated carbocycles. The van der Waals surface area contributed by atoms with Gasteiger partial charge in [-0.25, -0.2) is 0 Å². The van der Waals surface area contributed by atoms with Crippen molar-refractivity contribution in [3.05, 3.63) is 70.5 Å². The summed E-state index contributed by atoms with van der Waals surface area (Å²) in [4.78, 5) is 19.0. The maximum absolute atomic E-state index is 12.9. The average Bonchev–Trinajstić information content (AvgIpc) is 2.58. The summed E-state index contributed by atoms with van der Waals surface area (Å²) in [6, 6.07) is 12.5. The van der Waals surface area contributed by atoms with Crippen LogP contribution in [0.1, 0.15) is 11.6 Å². The fourth-order valence-electron chi connectivity index (χ4n) is 2.78. The summed E-state index contributed by atoms with van der Waals surface area (Å²) < 4.78 is 0. The van der Waals surface area contributed by atoms with E-state index < -0.39 is 6.04 Å². The van der Waals surface area contributed by atoms with Gasteiger partial charge in [0, 0.05) is 17.0 Å². The van der Waals surface area contributed by atoms with E-state index in [9.17, 15) is 4.79 Å². The zero-order chi connectivity index (χ0) is 18.0. The summed E-state index contributed by atoms with van der Waals surface area (Å²) in [7, 11) is 3.68. The molecule has 0 bridgehead atoms. The Bertz CT molecular complexity index is 922. The molecule has 2 aromatic carbocycles. The van der Waals surface area contributed by atoms with Crippen molar-refractivity contribution >= 4 is 45.6 Å². The summed E-state index contributed by atoms with van der Waals surface area (Å²) >= 11 is 12.1. The highest BCUT2D eigenvalue weighted by Gasteiger charge is 2.24. The molecule has 1 N–H and O–H groups in total. The predicted octanol–water partition coefficient (Wildman–Crippen LogP) is 4.78. The molecular weight excluding hydrogens is 357 g/mol. The Hall–Kier alpha value is -2.14. The number of halogens is 2. The lowest BCUT2D eigenvalue weighted by molar-refractivity contribution is -0.120. The van der Waals surface area contributed by atoms with Crippen molar-refractivity contribution in [2.24, 2.45) is 0 Å². The number of nitrogens with zero attached hydrogens (tertiary/aromatic N) is 2. The third-order valence-corrected chi connectivity index (χ3v) is 4.69. The van der Waals surface area contributed by atoms with E-state index in [-0.39, 0.29) is 5.91 Å². The fraction of sp³-hybridized carbons (Fsp3) is 0.158. The van der Waals surface area contributed by atoms with Gasteiger partial charge in [-0.05, 0) is 31.8 Å². The SMILES string of the molecule is CN(C)C(C(=O)Nc1cncc2ccccc12)c1ccc(Cl)c(Cl)c1. The molecule has 0 saturated heterocycles. The van der Waals surface area contributed by atoms with Crippen molar-refractivity contribution in [2.45, 2.75) is 6.04 Å². The molecule has 0 radical (unpaired) electrons. The average molecular weight is 374 g/mol. The largest absolute Gasteiger partial charge is 0.323 e. The molecule has 1 aromatic heterocycles. The lowest BCUT2D eigenvalue weighted by Gasteiger charge is -2.24. The lowest BCUT2D eigenvalue weighted by Crippen LogP contribution is -2.32. The Morgan fingerprint density at radius 1 is 1.08 bits per heavy atom. The van der Waals surface area contributed by atoms with Gasteiger partial charge in [0.2, 0.25) is 5.91 Å². The van der Waals surface area contributed by atoms with E-state index in [4.69, 9.17) is 23.2 Å². The molecule has 128 valence electrons. The summed E-state index contributed by atoms with van der Waals surface area (Å²) in [5.74, 6) is -0.165. The first kappa shape index (κ1) is 17.7. The standard InChI is InChI=1S/C19H17Cl2N3O/c1-24(2)18(12-7-8-15(20)16(21)9-12)19(25)23-17-11-22-10-13-5-3-4-6-14(13)17/h3-11,18H,1-2H3,(H,23,25). The van der Waals surface area contributed by atoms with Crippen LogP contribution in [0.2, 0.25) is 10.0 Å². The smallest absolute Gasteiger partial charge is 0.246 e. The molecule has 3 rings (SSSR count). The number of anilines is 1. The molecule has 6 heteroatoms. The van der Waals surface area contributed by atoms with E-state index in [1.165, 1.54) is 0 Å². The number of rotatable bonds is 4. The van der Waals surface area contributed by atoms with Gasteiger partial charge in [0.25, 0.3) is 0 Å². The number of likely N-dealkylation sites (N-methyl/N-ethyl adjacent to an activating group) is 1. The van der Waals surface area contributed by atoms with Crippen LogP contribution in [0.4, 0.5) is 5.69 Å². The Labute approximate surface area is 156 Å². The number of amides is 1. The Kier molecular flexibility index (Phi) is 5.23. The summed E-state index contributed by atoms with van der Waals surface area (Å²) in [5, 5.41) is 5.77. The van der Waals surface area contributed by atoms with Gasteiger partial charge < -0.3 is 5.32 Å². The molecule has 0 aliphatic carbocycles. The van der Waals surface area contributed by atoms with Crippen LogP contribution in [0.3, 0.4) is 0 Å². The van der Waals surface area contributed by atoms with E-state index in [1.807, 2.05) is 43.3 Å². The van der Waals surface area contributed by atoms with E-state index >= 15 is 0 Å². The third-order valence-electron chi connectivity index (χ3n) is 3.95. The Morgan fingerprint density at radius 3 is 2.56 bits per heavy atom. The van der Waals surface area contributed by atoms with Crippen LogP contribution in [-0.2, 0) is 4.79 Å². The molecule has 0 aliphatic heterocycles. The van der Waals surface area contributed by atoms with Gasteiger partial charge in [-0.2, -0.15) is 0 Å². The summed E-state index contributed by atoms with van der Waals surface area (Å²) in [6.45, 7) is 0. The second-order valence-corrected chi connectivity index (χ2v) is 6.75. The molecule has 0 aliphatic rings. The number of carbonyl (C=O) groups excluding carboxylic acids is 1. The quantitative estimate of drug-likeness (QED) is 0.715. The van der Waals surface area contributed by atoms with Crippen LogP contribution in [0.5, 0.6) is 0 Å². The van der Waals surface area contributed by atoms with Gasteiger partial charge in [-0.1, -0.05) is 53.5 Å². The molecular formula is C19H17Cl2N3O. The van der Waals surface area contributed by atoms with Crippen LogP contribution >= 0.6 is 23.2 Å². The third kappa shape index (κ3) is 3.76. The summed E-state index contributed by atoms with van der Waals surface area (Å²) in [6.07, 6.45) is 3.43. The van der Waals surface area contributed by atoms with Crippen molar-refractivity contribution in [1.82, 2.24) is 9.88 Å². The van der Waals surface area contributed by atoms with Crippen molar-refractivity contribution in [1.29, 1.82) is 0 Å². The van der Waals surface area contributed by atoms with Gasteiger partial charge >= 0.3 is 0 Å². The van der Waals surface area contributed by atoms with E-state index in [0.29, 0.717) is 15.7 Å². The molecule has 0 fully saturated rings. The van der Waals surface area contributed by atoms with Crippen LogP contribution in [0.25, 0.3) is 10.8 Å². The van der Waals surface area contributed by atoms with Gasteiger partial charge in [0.15, 0.2) is 0 Å². The van der Waals surface area contributed by atoms with Crippen molar-refractivity contribution in [3.63, 3.8) is 0 Å². The minimum absolute atomic E-state index is 0.165. The normalized spacial score (nSPS) is 12.4. The van der Waals surface area contributed by atoms with Gasteiger partial charge in [0.05, 0.1) is 21.9 Å². The first-order valence-corrected chi connectivity index (χ1v) is 8.48. The van der Waals surface area contributed by atoms with E-state index in [0.717, 1.165) is 16.3 Å². The van der Waals surface area contributed by atoms with E-state index in [1.54, 1.807) is 30.6 Å². The van der Waals surface area contributed by atoms with E-state index in [2.05, 4.69) is 10.3 Å². The molecule has 1 atom stereocenters. The second kappa shape index (κ2) is 7.40. The van der Waals surface area contributed by atoms with Crippen LogP contribution in [0, 0.1) is 0 Å². The van der Waals surface area contributed by atoms with Crippen molar-refractivity contribution < 1.29 is 4.79 Å². The molecule has 1 amide bonds. The Morgan fingerprint density at radius 2 is 1.84 bits per heavy atom. The highest BCUT2D eigenvalue weighted by atomic mass is 35.5. The minimum atomic E-state index is -0.506. The zero-order valence-corrected chi connectivity index (χ0v) is 15.3. The van der Waals surface area contributed by atoms with Gasteiger partial charge in [0.1, 0.15) is 6.04 Å². The molecule has 1 unspecified atom stereocenters. The highest BCUT2D eigenvalue weighted by molar-refractivity contribution is 6.42. The number of hydrogen-bond acceptors (Lipinski definition) is 3. The topological polar surface area (TPSA) is 45.2 Å². The Balaban J connectivity index is 1.94. The van der Waals surface area contributed by atoms with Crippen molar-refractivity contribution in [2.75, 3.05) is 19.4 Å². The molecule has 1 heterocycles. The first-order chi connectivity index (χ1) is 12.0. The summed E-state index contributed by atoms with van der Waals surface area (Å²) in [5.41, 5.74) is 1.44. The monoisotopic (exact) mass is 373 g/mol. The van der Waals surface area contributed by atoms with Gasteiger partial charge in [-0.15, -0.1) is 0 Å².